The van der Waals surface area contributed by atoms with Gasteiger partial charge in [0.1, 0.15) is 0 Å². The van der Waals surface area contributed by atoms with Gasteiger partial charge in [-0.05, 0) is 12.1 Å². The van der Waals surface area contributed by atoms with Crippen molar-refractivity contribution in [3.05, 3.63) is 30.1 Å². The van der Waals surface area contributed by atoms with Crippen molar-refractivity contribution >= 4 is 5.97 Å². The average molecular weight is 205 g/mol. The molecule has 1 atom stereocenters. The second-order valence-electron chi connectivity index (χ2n) is 2.57. The van der Waals surface area contributed by atoms with Crippen molar-refractivity contribution in [2.45, 2.75) is 12.1 Å². The van der Waals surface area contributed by atoms with E-state index in [2.05, 4.69) is 4.98 Å². The van der Waals surface area contributed by atoms with Gasteiger partial charge in [0.05, 0.1) is 5.69 Å². The normalized spacial score (nSPS) is 13.6. The molecule has 0 aliphatic heterocycles. The lowest BCUT2D eigenvalue weighted by atomic mass is 10.1. The number of carboxylic acids is 1. The number of hydrogen-bond donors (Lipinski definition) is 1. The molecule has 6 heteroatoms. The lowest BCUT2D eigenvalue weighted by Crippen LogP contribution is -2.28. The monoisotopic (exact) mass is 205 g/mol. The van der Waals surface area contributed by atoms with Crippen molar-refractivity contribution in [2.24, 2.45) is 0 Å². The van der Waals surface area contributed by atoms with Crippen LogP contribution in [0.4, 0.5) is 13.2 Å². The highest BCUT2D eigenvalue weighted by molar-refractivity contribution is 5.76. The fourth-order valence-electron chi connectivity index (χ4n) is 0.981. The summed E-state index contributed by atoms with van der Waals surface area (Å²) in [6.45, 7) is 0. The van der Waals surface area contributed by atoms with Crippen LogP contribution in [0, 0.1) is 0 Å². The fraction of sp³-hybridized carbons (Fsp3) is 0.250. The third-order valence-corrected chi connectivity index (χ3v) is 1.56. The maximum absolute atomic E-state index is 12.2. The minimum Gasteiger partial charge on any atom is -0.480 e. The Morgan fingerprint density at radius 1 is 1.43 bits per heavy atom. The third kappa shape index (κ3) is 2.21. The van der Waals surface area contributed by atoms with Crippen molar-refractivity contribution < 1.29 is 23.1 Å². The fourth-order valence-corrected chi connectivity index (χ4v) is 0.981. The number of nitrogens with zero attached hydrogens (tertiary/aromatic N) is 1. The molecule has 1 N–H and O–H groups in total. The predicted octanol–water partition coefficient (Wildman–Crippen LogP) is 1.81. The standard InChI is InChI=1S/C8H6F3NO2/c9-8(10,11)6(7(13)14)5-3-1-2-4-12-5/h1-4,6H,(H,13,14). The van der Waals surface area contributed by atoms with E-state index in [0.717, 1.165) is 12.3 Å². The number of aliphatic carboxylic acids is 1. The second-order valence-corrected chi connectivity index (χ2v) is 2.57. The first-order chi connectivity index (χ1) is 6.43. The van der Waals surface area contributed by atoms with Crippen LogP contribution in [0.2, 0.25) is 0 Å². The molecule has 1 unspecified atom stereocenters. The lowest BCUT2D eigenvalue weighted by Gasteiger charge is -2.14. The Hall–Kier alpha value is -1.59. The Morgan fingerprint density at radius 3 is 2.43 bits per heavy atom. The molecule has 0 bridgehead atoms. The molecule has 0 saturated carbocycles. The van der Waals surface area contributed by atoms with Gasteiger partial charge < -0.3 is 5.11 Å². The van der Waals surface area contributed by atoms with Crippen molar-refractivity contribution in [1.29, 1.82) is 0 Å². The summed E-state index contributed by atoms with van der Waals surface area (Å²) in [5, 5.41) is 8.40. The van der Waals surface area contributed by atoms with Crippen LogP contribution < -0.4 is 0 Å². The van der Waals surface area contributed by atoms with Crippen LogP contribution in [0.1, 0.15) is 11.6 Å². The van der Waals surface area contributed by atoms with Gasteiger partial charge in [0.15, 0.2) is 5.92 Å². The van der Waals surface area contributed by atoms with E-state index in [4.69, 9.17) is 5.11 Å². The van der Waals surface area contributed by atoms with Gasteiger partial charge in [-0.15, -0.1) is 0 Å². The molecule has 0 spiro atoms. The Morgan fingerprint density at radius 2 is 2.07 bits per heavy atom. The van der Waals surface area contributed by atoms with Crippen molar-refractivity contribution in [2.75, 3.05) is 0 Å². The Labute approximate surface area is 77.2 Å². The van der Waals surface area contributed by atoms with E-state index in [1.54, 1.807) is 0 Å². The smallest absolute Gasteiger partial charge is 0.407 e. The molecule has 1 heterocycles. The summed E-state index contributed by atoms with van der Waals surface area (Å²) in [6, 6.07) is 3.76. The molecule has 0 aliphatic carbocycles. The largest absolute Gasteiger partial charge is 0.480 e. The summed E-state index contributed by atoms with van der Waals surface area (Å²) in [5.41, 5.74) is -0.507. The molecular weight excluding hydrogens is 199 g/mol. The molecule has 76 valence electrons. The molecule has 1 aromatic heterocycles. The van der Waals surface area contributed by atoms with Crippen LogP contribution in [0.3, 0.4) is 0 Å². The van der Waals surface area contributed by atoms with Crippen molar-refractivity contribution in [3.63, 3.8) is 0 Å². The topological polar surface area (TPSA) is 50.2 Å². The van der Waals surface area contributed by atoms with E-state index in [0.29, 0.717) is 0 Å². The molecule has 1 aromatic rings. The number of hydrogen-bond acceptors (Lipinski definition) is 2. The van der Waals surface area contributed by atoms with Gasteiger partial charge in [0, 0.05) is 6.20 Å². The molecule has 3 nitrogen and oxygen atoms in total. The molecule has 0 aliphatic rings. The van der Waals surface area contributed by atoms with Crippen molar-refractivity contribution in [1.82, 2.24) is 4.98 Å². The van der Waals surface area contributed by atoms with E-state index in [1.807, 2.05) is 0 Å². The summed E-state index contributed by atoms with van der Waals surface area (Å²) in [5.74, 6) is -4.50. The molecule has 0 fully saturated rings. The van der Waals surface area contributed by atoms with Crippen LogP contribution in [-0.2, 0) is 4.79 Å². The number of carboxylic acid groups (broad SMARTS) is 1. The molecular formula is C8H6F3NO2. The minimum atomic E-state index is -4.82. The van der Waals surface area contributed by atoms with E-state index < -0.39 is 23.8 Å². The van der Waals surface area contributed by atoms with Gasteiger partial charge in [-0.25, -0.2) is 0 Å². The number of rotatable bonds is 2. The highest BCUT2D eigenvalue weighted by Gasteiger charge is 2.47. The highest BCUT2D eigenvalue weighted by Crippen LogP contribution is 2.33. The molecule has 0 amide bonds. The average Bonchev–Trinajstić information content (AvgIpc) is 2.02. The van der Waals surface area contributed by atoms with Crippen LogP contribution in [0.25, 0.3) is 0 Å². The van der Waals surface area contributed by atoms with Crippen LogP contribution in [0.5, 0.6) is 0 Å². The first-order valence-electron chi connectivity index (χ1n) is 3.63. The molecule has 0 radical (unpaired) electrons. The third-order valence-electron chi connectivity index (χ3n) is 1.56. The van der Waals surface area contributed by atoms with Gasteiger partial charge in [0.2, 0.25) is 0 Å². The van der Waals surface area contributed by atoms with Crippen LogP contribution >= 0.6 is 0 Å². The number of alkyl halides is 3. The number of carbonyl (C=O) groups is 1. The Kier molecular flexibility index (Phi) is 2.73. The van der Waals surface area contributed by atoms with E-state index in [-0.39, 0.29) is 0 Å². The van der Waals surface area contributed by atoms with E-state index >= 15 is 0 Å². The summed E-state index contributed by atoms with van der Waals surface area (Å²) in [4.78, 5) is 13.8. The first-order valence-corrected chi connectivity index (χ1v) is 3.63. The van der Waals surface area contributed by atoms with E-state index in [9.17, 15) is 18.0 Å². The van der Waals surface area contributed by atoms with Gasteiger partial charge in [0.25, 0.3) is 0 Å². The van der Waals surface area contributed by atoms with Gasteiger partial charge in [-0.2, -0.15) is 13.2 Å². The number of halogens is 3. The molecule has 14 heavy (non-hydrogen) atoms. The highest BCUT2D eigenvalue weighted by atomic mass is 19.4. The van der Waals surface area contributed by atoms with E-state index in [1.165, 1.54) is 12.1 Å². The number of aromatic nitrogens is 1. The molecule has 1 rings (SSSR count). The SMILES string of the molecule is O=C(O)C(c1ccccn1)C(F)(F)F. The number of pyridine rings is 1. The van der Waals surface area contributed by atoms with Crippen LogP contribution in [-0.4, -0.2) is 22.2 Å². The molecule has 0 aromatic carbocycles. The molecule has 0 saturated heterocycles. The Balaban J connectivity index is 3.08. The lowest BCUT2D eigenvalue weighted by molar-refractivity contribution is -0.177. The first kappa shape index (κ1) is 10.5. The minimum absolute atomic E-state index is 0.507. The maximum atomic E-state index is 12.2. The van der Waals surface area contributed by atoms with Gasteiger partial charge in [-0.3, -0.25) is 9.78 Å². The zero-order chi connectivity index (χ0) is 10.8. The Bertz CT molecular complexity index is 323. The van der Waals surface area contributed by atoms with Gasteiger partial charge >= 0.3 is 12.1 Å². The summed E-state index contributed by atoms with van der Waals surface area (Å²) in [6.07, 6.45) is -3.70. The van der Waals surface area contributed by atoms with Gasteiger partial charge in [-0.1, -0.05) is 6.07 Å². The predicted molar refractivity (Wildman–Crippen MR) is 40.7 cm³/mol. The van der Waals surface area contributed by atoms with Crippen LogP contribution in [0.15, 0.2) is 24.4 Å². The zero-order valence-corrected chi connectivity index (χ0v) is 6.82. The maximum Gasteiger partial charge on any atom is 0.407 e. The summed E-state index contributed by atoms with van der Waals surface area (Å²) < 4.78 is 36.7. The quantitative estimate of drug-likeness (QED) is 0.800. The summed E-state index contributed by atoms with van der Waals surface area (Å²) >= 11 is 0. The zero-order valence-electron chi connectivity index (χ0n) is 6.82. The summed E-state index contributed by atoms with van der Waals surface area (Å²) in [7, 11) is 0. The second kappa shape index (κ2) is 3.65. The van der Waals surface area contributed by atoms with Crippen molar-refractivity contribution in [3.8, 4) is 0 Å².